The number of hydrogen-bond acceptors (Lipinski definition) is 7. The Labute approximate surface area is 170 Å². The normalized spacial score (nSPS) is 11.8. The molecule has 1 N–H and O–H groups in total. The zero-order chi connectivity index (χ0) is 19.2. The first kappa shape index (κ1) is 19.6. The summed E-state index contributed by atoms with van der Waals surface area (Å²) in [4.78, 5) is 29.0. The molecule has 0 aliphatic rings. The number of benzene rings is 2. The number of carbonyl (C=O) groups excluding carboxylic acids is 2. The summed E-state index contributed by atoms with van der Waals surface area (Å²) < 4.78 is 5.00. The van der Waals surface area contributed by atoms with Crippen LogP contribution in [0.2, 0.25) is 0 Å². The number of thioether (sulfide) groups is 2. The summed E-state index contributed by atoms with van der Waals surface area (Å²) in [6, 6.07) is 16.5. The van der Waals surface area contributed by atoms with Gasteiger partial charge in [0.05, 0.1) is 0 Å². The molecule has 0 saturated carbocycles. The van der Waals surface area contributed by atoms with Gasteiger partial charge in [-0.1, -0.05) is 66.0 Å². The monoisotopic (exact) mass is 415 g/mol. The summed E-state index contributed by atoms with van der Waals surface area (Å²) in [6.45, 7) is 1.50. The molecule has 3 rings (SSSR count). The van der Waals surface area contributed by atoms with Crippen molar-refractivity contribution in [3.05, 3.63) is 65.7 Å². The average Bonchev–Trinajstić information content (AvgIpc) is 3.14. The molecule has 0 fully saturated rings. The first-order valence-corrected chi connectivity index (χ1v) is 11.0. The van der Waals surface area contributed by atoms with Crippen LogP contribution in [0.15, 0.2) is 64.1 Å². The Morgan fingerprint density at radius 2 is 1.89 bits per heavy atom. The third-order valence-corrected chi connectivity index (χ3v) is 6.37. The highest BCUT2D eigenvalue weighted by atomic mass is 32.2. The van der Waals surface area contributed by atoms with Crippen LogP contribution in [-0.2, 0) is 4.79 Å². The van der Waals surface area contributed by atoms with Crippen LogP contribution in [0.25, 0.3) is 0 Å². The fourth-order valence-electron chi connectivity index (χ4n) is 2.35. The van der Waals surface area contributed by atoms with Crippen molar-refractivity contribution >= 4 is 52.4 Å². The van der Waals surface area contributed by atoms with Gasteiger partial charge in [-0.05, 0) is 42.4 Å². The molecule has 0 saturated heterocycles. The highest BCUT2D eigenvalue weighted by molar-refractivity contribution is 8.02. The lowest BCUT2D eigenvalue weighted by atomic mass is 10.1. The van der Waals surface area contributed by atoms with E-state index in [-0.39, 0.29) is 11.7 Å². The molecule has 0 aliphatic carbocycles. The Hall–Kier alpha value is -2.16. The van der Waals surface area contributed by atoms with E-state index in [9.17, 15) is 9.59 Å². The van der Waals surface area contributed by atoms with Gasteiger partial charge in [0.1, 0.15) is 5.25 Å². The molecular formula is C19H17N3O2S3. The Balaban J connectivity index is 1.84. The summed E-state index contributed by atoms with van der Waals surface area (Å²) in [6.07, 6.45) is 1.92. The number of carbonyl (C=O) groups is 2. The van der Waals surface area contributed by atoms with Gasteiger partial charge in [-0.3, -0.25) is 9.59 Å². The van der Waals surface area contributed by atoms with Crippen LogP contribution >= 0.6 is 35.1 Å². The number of nitrogens with zero attached hydrogens (tertiary/aromatic N) is 2. The van der Waals surface area contributed by atoms with Crippen LogP contribution in [0.1, 0.15) is 28.1 Å². The van der Waals surface area contributed by atoms with E-state index in [0.29, 0.717) is 16.4 Å². The maximum absolute atomic E-state index is 13.0. The third kappa shape index (κ3) is 5.18. The molecular weight excluding hydrogens is 398 g/mol. The van der Waals surface area contributed by atoms with Gasteiger partial charge < -0.3 is 5.32 Å². The SMILES string of the molecule is CSc1nsc(S[C@H](C(=O)Nc2cccc(C(C)=O)c2)c2ccccc2)n1. The molecule has 0 bridgehead atoms. The molecule has 0 aliphatic heterocycles. The van der Waals surface area contributed by atoms with Gasteiger partial charge in [0, 0.05) is 11.3 Å². The lowest BCUT2D eigenvalue weighted by molar-refractivity contribution is -0.115. The van der Waals surface area contributed by atoms with E-state index in [1.54, 1.807) is 24.3 Å². The summed E-state index contributed by atoms with van der Waals surface area (Å²) in [5.74, 6) is -0.216. The van der Waals surface area contributed by atoms with E-state index in [1.165, 1.54) is 42.0 Å². The fourth-order valence-corrected chi connectivity index (χ4v) is 4.76. The van der Waals surface area contributed by atoms with Crippen molar-refractivity contribution in [3.8, 4) is 0 Å². The predicted octanol–water partition coefficient (Wildman–Crippen LogP) is 4.93. The van der Waals surface area contributed by atoms with Crippen molar-refractivity contribution in [1.82, 2.24) is 9.36 Å². The quantitative estimate of drug-likeness (QED) is 0.435. The van der Waals surface area contributed by atoms with Crippen LogP contribution in [0.4, 0.5) is 5.69 Å². The number of Topliss-reactive ketones (excluding diaryl/α,β-unsaturated/α-hetero) is 1. The number of amides is 1. The summed E-state index contributed by atoms with van der Waals surface area (Å²) >= 11 is 4.12. The van der Waals surface area contributed by atoms with E-state index in [2.05, 4.69) is 14.7 Å². The van der Waals surface area contributed by atoms with Gasteiger partial charge in [-0.2, -0.15) is 4.37 Å². The molecule has 5 nitrogen and oxygen atoms in total. The summed E-state index contributed by atoms with van der Waals surface area (Å²) in [7, 11) is 0. The second-order valence-corrected chi connectivity index (χ2v) is 8.46. The zero-order valence-electron chi connectivity index (χ0n) is 14.7. The van der Waals surface area contributed by atoms with Crippen molar-refractivity contribution in [2.75, 3.05) is 11.6 Å². The first-order chi connectivity index (χ1) is 13.1. The zero-order valence-corrected chi connectivity index (χ0v) is 17.2. The number of anilines is 1. The standard InChI is InChI=1S/C19H17N3O2S3/c1-12(23)14-9-6-10-15(11-14)20-17(24)16(13-7-4-3-5-8-13)26-19-21-18(25-2)22-27-19/h3-11,16H,1-2H3,(H,20,24)/t16-/m0/s1. The molecule has 0 radical (unpaired) electrons. The molecule has 1 amide bonds. The van der Waals surface area contributed by atoms with Crippen LogP contribution in [0.3, 0.4) is 0 Å². The van der Waals surface area contributed by atoms with Crippen molar-refractivity contribution < 1.29 is 9.59 Å². The van der Waals surface area contributed by atoms with Crippen molar-refractivity contribution in [1.29, 1.82) is 0 Å². The van der Waals surface area contributed by atoms with Gasteiger partial charge in [-0.25, -0.2) is 4.98 Å². The predicted molar refractivity (Wildman–Crippen MR) is 112 cm³/mol. The van der Waals surface area contributed by atoms with Gasteiger partial charge in [0.2, 0.25) is 11.1 Å². The minimum atomic E-state index is -0.477. The molecule has 8 heteroatoms. The largest absolute Gasteiger partial charge is 0.325 e. The van der Waals surface area contributed by atoms with Crippen molar-refractivity contribution in [3.63, 3.8) is 0 Å². The number of ketones is 1. The van der Waals surface area contributed by atoms with Crippen LogP contribution in [-0.4, -0.2) is 27.3 Å². The molecule has 0 unspecified atom stereocenters. The lowest BCUT2D eigenvalue weighted by Crippen LogP contribution is -2.19. The van der Waals surface area contributed by atoms with E-state index >= 15 is 0 Å². The second kappa shape index (κ2) is 9.16. The Morgan fingerprint density at radius 3 is 2.56 bits per heavy atom. The molecule has 1 heterocycles. The smallest absolute Gasteiger partial charge is 0.242 e. The molecule has 138 valence electrons. The van der Waals surface area contributed by atoms with Crippen LogP contribution in [0.5, 0.6) is 0 Å². The van der Waals surface area contributed by atoms with Gasteiger partial charge in [0.15, 0.2) is 10.1 Å². The highest BCUT2D eigenvalue weighted by Crippen LogP contribution is 2.37. The molecule has 0 spiro atoms. The lowest BCUT2D eigenvalue weighted by Gasteiger charge is -2.16. The Bertz CT molecular complexity index is 944. The Kier molecular flexibility index (Phi) is 6.65. The average molecular weight is 416 g/mol. The van der Waals surface area contributed by atoms with Crippen LogP contribution < -0.4 is 5.32 Å². The third-order valence-electron chi connectivity index (χ3n) is 3.67. The van der Waals surface area contributed by atoms with Gasteiger partial charge in [0.25, 0.3) is 0 Å². The molecule has 27 heavy (non-hydrogen) atoms. The van der Waals surface area contributed by atoms with Crippen molar-refractivity contribution in [2.24, 2.45) is 0 Å². The van der Waals surface area contributed by atoms with E-state index in [1.807, 2.05) is 36.6 Å². The topological polar surface area (TPSA) is 72.0 Å². The summed E-state index contributed by atoms with van der Waals surface area (Å²) in [5, 5.41) is 3.14. The van der Waals surface area contributed by atoms with E-state index in [4.69, 9.17) is 0 Å². The minimum absolute atomic E-state index is 0.0430. The van der Waals surface area contributed by atoms with Crippen molar-refractivity contribution in [2.45, 2.75) is 21.7 Å². The molecule has 3 aromatic rings. The minimum Gasteiger partial charge on any atom is -0.325 e. The first-order valence-electron chi connectivity index (χ1n) is 8.08. The van der Waals surface area contributed by atoms with Crippen LogP contribution in [0, 0.1) is 0 Å². The maximum atomic E-state index is 13.0. The van der Waals surface area contributed by atoms with E-state index in [0.717, 1.165) is 9.90 Å². The number of hydrogen-bond donors (Lipinski definition) is 1. The molecule has 1 atom stereocenters. The molecule has 1 aromatic heterocycles. The van der Waals surface area contributed by atoms with Gasteiger partial charge in [-0.15, -0.1) is 0 Å². The highest BCUT2D eigenvalue weighted by Gasteiger charge is 2.24. The van der Waals surface area contributed by atoms with Gasteiger partial charge >= 0.3 is 0 Å². The fraction of sp³-hybridized carbons (Fsp3) is 0.158. The number of rotatable bonds is 7. The maximum Gasteiger partial charge on any atom is 0.242 e. The Morgan fingerprint density at radius 1 is 1.11 bits per heavy atom. The number of aromatic nitrogens is 2. The second-order valence-electron chi connectivity index (χ2n) is 5.58. The molecule has 2 aromatic carbocycles. The number of nitrogens with one attached hydrogen (secondary N) is 1. The van der Waals surface area contributed by atoms with E-state index < -0.39 is 5.25 Å². The summed E-state index contributed by atoms with van der Waals surface area (Å²) in [5.41, 5.74) is 2.03.